The van der Waals surface area contributed by atoms with Crippen molar-refractivity contribution in [2.75, 3.05) is 11.9 Å². The first-order chi connectivity index (χ1) is 9.10. The highest BCUT2D eigenvalue weighted by Gasteiger charge is 2.29. The van der Waals surface area contributed by atoms with E-state index < -0.39 is 0 Å². The first-order valence-electron chi connectivity index (χ1n) is 6.86. The third-order valence-electron chi connectivity index (χ3n) is 3.51. The summed E-state index contributed by atoms with van der Waals surface area (Å²) in [6.45, 7) is 4.77. The number of nitrogens with one attached hydrogen (secondary N) is 1. The third-order valence-corrected chi connectivity index (χ3v) is 3.51. The highest BCUT2D eigenvalue weighted by Crippen LogP contribution is 2.21. The molecule has 1 aromatic rings. The normalized spacial score (nSPS) is 21.6. The number of anilines is 1. The van der Waals surface area contributed by atoms with Crippen LogP contribution in [0.15, 0.2) is 24.3 Å². The monoisotopic (exact) mass is 298 g/mol. The number of rotatable bonds is 4. The van der Waals surface area contributed by atoms with Gasteiger partial charge < -0.3 is 15.8 Å². The molecule has 1 heterocycles. The molecule has 112 valence electrons. The van der Waals surface area contributed by atoms with E-state index in [1.807, 2.05) is 24.3 Å². The molecule has 0 saturated carbocycles. The molecule has 0 unspecified atom stereocenters. The molecule has 4 nitrogen and oxygen atoms in total. The highest BCUT2D eigenvalue weighted by atomic mass is 35.5. The summed E-state index contributed by atoms with van der Waals surface area (Å²) < 4.78 is 5.57. The van der Waals surface area contributed by atoms with Crippen molar-refractivity contribution in [1.29, 1.82) is 0 Å². The van der Waals surface area contributed by atoms with E-state index in [1.165, 1.54) is 5.56 Å². The zero-order chi connectivity index (χ0) is 13.8. The maximum Gasteiger partial charge on any atom is 0.253 e. The summed E-state index contributed by atoms with van der Waals surface area (Å²) in [5.41, 5.74) is 7.61. The molecule has 5 heteroatoms. The second-order valence-electron chi connectivity index (χ2n) is 5.33. The number of hydrogen-bond donors (Lipinski definition) is 2. The minimum Gasteiger partial charge on any atom is -0.364 e. The van der Waals surface area contributed by atoms with Crippen molar-refractivity contribution in [3.63, 3.8) is 0 Å². The third kappa shape index (κ3) is 4.20. The number of carbonyl (C=O) groups is 1. The van der Waals surface area contributed by atoms with Crippen molar-refractivity contribution in [1.82, 2.24) is 0 Å². The lowest BCUT2D eigenvalue weighted by molar-refractivity contribution is -0.126. The summed E-state index contributed by atoms with van der Waals surface area (Å²) in [6.07, 6.45) is 1.27. The van der Waals surface area contributed by atoms with Crippen LogP contribution < -0.4 is 11.1 Å². The number of nitrogens with two attached hydrogens (primary N) is 1. The van der Waals surface area contributed by atoms with Crippen LogP contribution in [0.3, 0.4) is 0 Å². The topological polar surface area (TPSA) is 64.4 Å². The van der Waals surface area contributed by atoms with Crippen LogP contribution in [0, 0.1) is 0 Å². The van der Waals surface area contributed by atoms with Crippen molar-refractivity contribution in [3.8, 4) is 0 Å². The highest BCUT2D eigenvalue weighted by molar-refractivity contribution is 5.94. The fourth-order valence-corrected chi connectivity index (χ4v) is 2.25. The van der Waals surface area contributed by atoms with Crippen LogP contribution >= 0.6 is 12.4 Å². The Hall–Kier alpha value is -1.10. The van der Waals surface area contributed by atoms with Crippen LogP contribution in [0.5, 0.6) is 0 Å². The second kappa shape index (κ2) is 7.62. The Bertz CT molecular complexity index is 434. The fraction of sp³-hybridized carbons (Fsp3) is 0.533. The van der Waals surface area contributed by atoms with Crippen molar-refractivity contribution >= 4 is 24.0 Å². The second-order valence-corrected chi connectivity index (χ2v) is 5.33. The van der Waals surface area contributed by atoms with Crippen molar-refractivity contribution in [2.24, 2.45) is 5.73 Å². The average molecular weight is 299 g/mol. The van der Waals surface area contributed by atoms with E-state index in [1.54, 1.807) is 0 Å². The number of ether oxygens (including phenoxy) is 1. The molecule has 3 N–H and O–H groups in total. The lowest BCUT2D eigenvalue weighted by Gasteiger charge is -2.13. The van der Waals surface area contributed by atoms with Gasteiger partial charge in [-0.2, -0.15) is 0 Å². The summed E-state index contributed by atoms with van der Waals surface area (Å²) in [6, 6.07) is 7.95. The smallest absolute Gasteiger partial charge is 0.253 e. The van der Waals surface area contributed by atoms with E-state index in [4.69, 9.17) is 10.5 Å². The van der Waals surface area contributed by atoms with Gasteiger partial charge in [0.05, 0.1) is 6.10 Å². The van der Waals surface area contributed by atoms with Gasteiger partial charge in [-0.15, -0.1) is 12.4 Å². The largest absolute Gasteiger partial charge is 0.364 e. The summed E-state index contributed by atoms with van der Waals surface area (Å²) in [5, 5.41) is 2.89. The van der Waals surface area contributed by atoms with Gasteiger partial charge in [-0.25, -0.2) is 0 Å². The van der Waals surface area contributed by atoms with Crippen molar-refractivity contribution in [3.05, 3.63) is 29.8 Å². The maximum absolute atomic E-state index is 12.0. The molecule has 20 heavy (non-hydrogen) atoms. The molecule has 0 spiro atoms. The molecule has 0 bridgehead atoms. The van der Waals surface area contributed by atoms with E-state index in [-0.39, 0.29) is 30.5 Å². The van der Waals surface area contributed by atoms with Gasteiger partial charge in [0.2, 0.25) is 0 Å². The first kappa shape index (κ1) is 17.0. The summed E-state index contributed by atoms with van der Waals surface area (Å²) in [4.78, 5) is 12.0. The van der Waals surface area contributed by atoms with Gasteiger partial charge in [-0.1, -0.05) is 26.0 Å². The Balaban J connectivity index is 0.00000200. The molecular weight excluding hydrogens is 276 g/mol. The molecule has 0 aromatic heterocycles. The Morgan fingerprint density at radius 1 is 1.35 bits per heavy atom. The minimum absolute atomic E-state index is 0. The van der Waals surface area contributed by atoms with Crippen LogP contribution in [0.4, 0.5) is 5.69 Å². The van der Waals surface area contributed by atoms with Crippen LogP contribution in [-0.2, 0) is 9.53 Å². The van der Waals surface area contributed by atoms with Gasteiger partial charge in [0.15, 0.2) is 0 Å². The molecule has 0 aliphatic carbocycles. The molecule has 1 aromatic carbocycles. The van der Waals surface area contributed by atoms with E-state index in [0.29, 0.717) is 12.5 Å². The van der Waals surface area contributed by atoms with Gasteiger partial charge in [-0.3, -0.25) is 4.79 Å². The van der Waals surface area contributed by atoms with Gasteiger partial charge in [-0.05, 0) is 36.5 Å². The molecule has 2 rings (SSSR count). The zero-order valence-corrected chi connectivity index (χ0v) is 12.8. The zero-order valence-electron chi connectivity index (χ0n) is 12.0. The summed E-state index contributed by atoms with van der Waals surface area (Å²) >= 11 is 0. The number of carbonyl (C=O) groups excluding carboxylic acids is 1. The Kier molecular flexibility index (Phi) is 6.46. The van der Waals surface area contributed by atoms with E-state index in [0.717, 1.165) is 18.5 Å². The quantitative estimate of drug-likeness (QED) is 0.898. The number of halogens is 1. The lowest BCUT2D eigenvalue weighted by Crippen LogP contribution is -2.29. The molecule has 1 aliphatic rings. The van der Waals surface area contributed by atoms with Crippen molar-refractivity contribution < 1.29 is 9.53 Å². The Morgan fingerprint density at radius 2 is 2.00 bits per heavy atom. The predicted molar refractivity (Wildman–Crippen MR) is 83.4 cm³/mol. The Labute approximate surface area is 126 Å². The van der Waals surface area contributed by atoms with Crippen molar-refractivity contribution in [2.45, 2.75) is 44.8 Å². The standard InChI is InChI=1S/C15H22N2O2.ClH/c1-10(2)11-3-5-12(6-4-11)17-15(18)14-8-7-13(9-16)19-14;/h3-6,10,13-14H,7-9,16H2,1-2H3,(H,17,18);1H/t13-,14+;/m1./s1. The SMILES string of the molecule is CC(C)c1ccc(NC(=O)[C@@H]2CC[C@H](CN)O2)cc1.Cl. The summed E-state index contributed by atoms with van der Waals surface area (Å²) in [5.74, 6) is 0.418. The van der Waals surface area contributed by atoms with Crippen LogP contribution in [-0.4, -0.2) is 24.7 Å². The molecule has 0 radical (unpaired) electrons. The van der Waals surface area contributed by atoms with Gasteiger partial charge in [0, 0.05) is 12.2 Å². The molecule has 1 aliphatic heterocycles. The number of hydrogen-bond acceptors (Lipinski definition) is 3. The summed E-state index contributed by atoms with van der Waals surface area (Å²) in [7, 11) is 0. The molecule has 1 saturated heterocycles. The molecular formula is C15H23ClN2O2. The van der Waals surface area contributed by atoms with Gasteiger partial charge in [0.25, 0.3) is 5.91 Å². The van der Waals surface area contributed by atoms with Crippen LogP contribution in [0.2, 0.25) is 0 Å². The predicted octanol–water partition coefficient (Wildman–Crippen LogP) is 2.68. The van der Waals surface area contributed by atoms with Gasteiger partial charge >= 0.3 is 0 Å². The van der Waals surface area contributed by atoms with Gasteiger partial charge in [0.1, 0.15) is 6.10 Å². The minimum atomic E-state index is -0.363. The molecule has 2 atom stereocenters. The van der Waals surface area contributed by atoms with Crippen LogP contribution in [0.1, 0.15) is 38.2 Å². The van der Waals surface area contributed by atoms with E-state index in [2.05, 4.69) is 19.2 Å². The first-order valence-corrected chi connectivity index (χ1v) is 6.86. The molecule has 1 fully saturated rings. The number of benzene rings is 1. The lowest BCUT2D eigenvalue weighted by atomic mass is 10.0. The van der Waals surface area contributed by atoms with E-state index >= 15 is 0 Å². The Morgan fingerprint density at radius 3 is 2.50 bits per heavy atom. The average Bonchev–Trinajstić information content (AvgIpc) is 2.88. The fourth-order valence-electron chi connectivity index (χ4n) is 2.25. The maximum atomic E-state index is 12.0. The van der Waals surface area contributed by atoms with Crippen LogP contribution in [0.25, 0.3) is 0 Å². The number of amides is 1. The van der Waals surface area contributed by atoms with E-state index in [9.17, 15) is 4.79 Å². The molecule has 1 amide bonds.